The van der Waals surface area contributed by atoms with Crippen molar-refractivity contribution in [2.75, 3.05) is 32.8 Å². The fraction of sp³-hybridized carbons (Fsp3) is 0.619. The lowest BCUT2D eigenvalue weighted by Crippen LogP contribution is -2.62. The van der Waals surface area contributed by atoms with Crippen LogP contribution in [0.25, 0.3) is 11.0 Å². The minimum absolute atomic E-state index is 0.216. The highest BCUT2D eigenvalue weighted by atomic mass is 16.5. The molecule has 1 amide bonds. The molecule has 6 nitrogen and oxygen atoms in total. The number of fused-ring (bicyclic) bond motifs is 1. The fourth-order valence-corrected chi connectivity index (χ4v) is 4.56. The Bertz CT molecular complexity index is 727. The second-order valence-corrected chi connectivity index (χ2v) is 7.75. The van der Waals surface area contributed by atoms with E-state index in [0.29, 0.717) is 6.54 Å². The lowest BCUT2D eigenvalue weighted by atomic mass is 9.79. The molecule has 1 aliphatic heterocycles. The third-order valence-corrected chi connectivity index (χ3v) is 6.03. The predicted molar refractivity (Wildman–Crippen MR) is 106 cm³/mol. The predicted octanol–water partition coefficient (Wildman–Crippen LogP) is 2.65. The van der Waals surface area contributed by atoms with Crippen LogP contribution in [-0.4, -0.2) is 59.2 Å². The average molecular weight is 370 g/mol. The van der Waals surface area contributed by atoms with Crippen molar-refractivity contribution in [3.05, 3.63) is 30.1 Å². The number of imidazole rings is 1. The van der Waals surface area contributed by atoms with Crippen LogP contribution in [-0.2, 0) is 16.0 Å². The van der Waals surface area contributed by atoms with Crippen molar-refractivity contribution in [2.45, 2.75) is 50.5 Å². The number of morpholine rings is 1. The van der Waals surface area contributed by atoms with E-state index in [9.17, 15) is 4.79 Å². The van der Waals surface area contributed by atoms with Gasteiger partial charge in [-0.2, -0.15) is 0 Å². The molecule has 1 saturated carbocycles. The SMILES string of the molecule is O=C(NCCCc1nc2ccccc2[nH]1)C1(N2CCOCC2)CCCCC1. The molecule has 0 bridgehead atoms. The molecule has 0 unspecified atom stereocenters. The second kappa shape index (κ2) is 8.40. The zero-order valence-corrected chi connectivity index (χ0v) is 16.0. The number of aryl methyl sites for hydroxylation is 1. The smallest absolute Gasteiger partial charge is 0.240 e. The van der Waals surface area contributed by atoms with Gasteiger partial charge < -0.3 is 15.0 Å². The van der Waals surface area contributed by atoms with Crippen LogP contribution in [0, 0.1) is 0 Å². The molecule has 2 N–H and O–H groups in total. The lowest BCUT2D eigenvalue weighted by molar-refractivity contribution is -0.140. The van der Waals surface area contributed by atoms with Crippen LogP contribution in [0.4, 0.5) is 0 Å². The topological polar surface area (TPSA) is 70.2 Å². The third-order valence-electron chi connectivity index (χ3n) is 6.03. The van der Waals surface area contributed by atoms with Gasteiger partial charge in [0.05, 0.1) is 24.2 Å². The Morgan fingerprint density at radius 1 is 1.19 bits per heavy atom. The summed E-state index contributed by atoms with van der Waals surface area (Å²) in [4.78, 5) is 23.5. The van der Waals surface area contributed by atoms with Crippen LogP contribution in [0.15, 0.2) is 24.3 Å². The van der Waals surface area contributed by atoms with Crippen LogP contribution < -0.4 is 5.32 Å². The second-order valence-electron chi connectivity index (χ2n) is 7.75. The number of carbonyl (C=O) groups excluding carboxylic acids is 1. The molecule has 2 fully saturated rings. The van der Waals surface area contributed by atoms with Gasteiger partial charge >= 0.3 is 0 Å². The summed E-state index contributed by atoms with van der Waals surface area (Å²) in [5.41, 5.74) is 1.76. The van der Waals surface area contributed by atoms with Crippen molar-refractivity contribution in [2.24, 2.45) is 0 Å². The maximum absolute atomic E-state index is 13.2. The normalized spacial score (nSPS) is 20.6. The van der Waals surface area contributed by atoms with E-state index in [0.717, 1.165) is 81.7 Å². The molecule has 0 atom stereocenters. The monoisotopic (exact) mass is 370 g/mol. The molecular formula is C21H30N4O2. The average Bonchev–Trinajstić information content (AvgIpc) is 3.15. The molecule has 6 heteroatoms. The highest BCUT2D eigenvalue weighted by molar-refractivity contribution is 5.86. The summed E-state index contributed by atoms with van der Waals surface area (Å²) in [7, 11) is 0. The first kappa shape index (κ1) is 18.4. The first-order valence-electron chi connectivity index (χ1n) is 10.3. The number of para-hydroxylation sites is 2. The van der Waals surface area contributed by atoms with E-state index in [1.165, 1.54) is 6.42 Å². The number of carbonyl (C=O) groups is 1. The Morgan fingerprint density at radius 3 is 2.74 bits per heavy atom. The Labute approximate surface area is 160 Å². The standard InChI is InChI=1S/C21H30N4O2/c26-20(21(10-4-1-5-11-21)25-13-15-27-16-14-25)22-12-6-9-19-23-17-7-2-3-8-18(17)24-19/h2-3,7-8H,1,4-6,9-16H2,(H,22,26)(H,23,24). The Hall–Kier alpha value is -1.92. The number of amides is 1. The van der Waals surface area contributed by atoms with Crippen molar-refractivity contribution >= 4 is 16.9 Å². The first-order chi connectivity index (χ1) is 13.3. The van der Waals surface area contributed by atoms with E-state index in [1.807, 2.05) is 24.3 Å². The number of nitrogens with zero attached hydrogens (tertiary/aromatic N) is 2. The van der Waals surface area contributed by atoms with Gasteiger partial charge in [0.25, 0.3) is 0 Å². The highest BCUT2D eigenvalue weighted by Gasteiger charge is 2.44. The van der Waals surface area contributed by atoms with Gasteiger partial charge in [-0.05, 0) is 31.4 Å². The largest absolute Gasteiger partial charge is 0.379 e. The van der Waals surface area contributed by atoms with Gasteiger partial charge in [0, 0.05) is 26.1 Å². The number of aromatic nitrogens is 2. The molecule has 1 aromatic carbocycles. The van der Waals surface area contributed by atoms with Gasteiger partial charge in [-0.25, -0.2) is 4.98 Å². The number of hydrogen-bond donors (Lipinski definition) is 2. The van der Waals surface area contributed by atoms with Crippen molar-refractivity contribution in [3.63, 3.8) is 0 Å². The Kier molecular flexibility index (Phi) is 5.74. The number of ether oxygens (including phenoxy) is 1. The van der Waals surface area contributed by atoms with E-state index >= 15 is 0 Å². The molecule has 0 radical (unpaired) electrons. The fourth-order valence-electron chi connectivity index (χ4n) is 4.56. The summed E-state index contributed by atoms with van der Waals surface area (Å²) >= 11 is 0. The van der Waals surface area contributed by atoms with Gasteiger partial charge in [0.2, 0.25) is 5.91 Å². The molecule has 2 aromatic rings. The summed E-state index contributed by atoms with van der Waals surface area (Å²) < 4.78 is 5.50. The van der Waals surface area contributed by atoms with Crippen LogP contribution in [0.2, 0.25) is 0 Å². The van der Waals surface area contributed by atoms with Gasteiger partial charge in [-0.3, -0.25) is 9.69 Å². The minimum atomic E-state index is -0.318. The molecule has 4 rings (SSSR count). The summed E-state index contributed by atoms with van der Waals surface area (Å²) in [5, 5.41) is 3.23. The van der Waals surface area contributed by atoms with E-state index in [-0.39, 0.29) is 11.4 Å². The number of nitrogens with one attached hydrogen (secondary N) is 2. The third kappa shape index (κ3) is 4.01. The number of aromatic amines is 1. The zero-order valence-electron chi connectivity index (χ0n) is 16.0. The van der Waals surface area contributed by atoms with E-state index in [2.05, 4.69) is 20.2 Å². The van der Waals surface area contributed by atoms with Crippen LogP contribution >= 0.6 is 0 Å². The Balaban J connectivity index is 1.32. The lowest BCUT2D eigenvalue weighted by Gasteiger charge is -2.46. The molecule has 0 spiro atoms. The van der Waals surface area contributed by atoms with Gasteiger partial charge in [-0.15, -0.1) is 0 Å². The van der Waals surface area contributed by atoms with E-state index < -0.39 is 0 Å². The maximum Gasteiger partial charge on any atom is 0.240 e. The van der Waals surface area contributed by atoms with Crippen molar-refractivity contribution in [1.29, 1.82) is 0 Å². The van der Waals surface area contributed by atoms with Gasteiger partial charge in [0.15, 0.2) is 0 Å². The molecule has 146 valence electrons. The first-order valence-corrected chi connectivity index (χ1v) is 10.3. The molecule has 1 aromatic heterocycles. The molecule has 27 heavy (non-hydrogen) atoms. The van der Waals surface area contributed by atoms with Gasteiger partial charge in [0.1, 0.15) is 11.4 Å². The summed E-state index contributed by atoms with van der Waals surface area (Å²) in [5.74, 6) is 1.21. The quantitative estimate of drug-likeness (QED) is 0.767. The summed E-state index contributed by atoms with van der Waals surface area (Å²) in [6, 6.07) is 8.08. The number of benzene rings is 1. The molecule has 1 aliphatic carbocycles. The van der Waals surface area contributed by atoms with Gasteiger partial charge in [-0.1, -0.05) is 31.4 Å². The maximum atomic E-state index is 13.2. The van der Waals surface area contributed by atoms with E-state index in [4.69, 9.17) is 4.74 Å². The van der Waals surface area contributed by atoms with Crippen molar-refractivity contribution in [1.82, 2.24) is 20.2 Å². The summed E-state index contributed by atoms with van der Waals surface area (Å²) in [6.07, 6.45) is 7.22. The number of hydrogen-bond acceptors (Lipinski definition) is 4. The van der Waals surface area contributed by atoms with Crippen LogP contribution in [0.1, 0.15) is 44.3 Å². The zero-order chi connectivity index (χ0) is 18.5. The molecule has 2 aliphatic rings. The summed E-state index contributed by atoms with van der Waals surface area (Å²) in [6.45, 7) is 3.91. The molecule has 2 heterocycles. The molecule has 1 saturated heterocycles. The van der Waals surface area contributed by atoms with Crippen LogP contribution in [0.3, 0.4) is 0 Å². The molecular weight excluding hydrogens is 340 g/mol. The number of H-pyrrole nitrogens is 1. The minimum Gasteiger partial charge on any atom is -0.379 e. The van der Waals surface area contributed by atoms with E-state index in [1.54, 1.807) is 0 Å². The highest BCUT2D eigenvalue weighted by Crippen LogP contribution is 2.34. The number of rotatable bonds is 6. The van der Waals surface area contributed by atoms with Crippen LogP contribution in [0.5, 0.6) is 0 Å². The Morgan fingerprint density at radius 2 is 1.96 bits per heavy atom. The van der Waals surface area contributed by atoms with Crippen molar-refractivity contribution < 1.29 is 9.53 Å². The van der Waals surface area contributed by atoms with Crippen molar-refractivity contribution in [3.8, 4) is 0 Å².